The molecule has 1 saturated heterocycles. The molecule has 2 N–H and O–H groups in total. The second-order valence-electron chi connectivity index (χ2n) is 4.89. The number of ether oxygens (including phenoxy) is 1. The number of likely N-dealkylation sites (tertiary alicyclic amines) is 1. The maximum Gasteiger partial charge on any atom is 0.191 e. The maximum atomic E-state index is 5.32. The first-order valence-corrected chi connectivity index (χ1v) is 7.62. The predicted octanol–water partition coefficient (Wildman–Crippen LogP) is 1.54. The summed E-state index contributed by atoms with van der Waals surface area (Å²) in [6.45, 7) is 14.0. The van der Waals surface area contributed by atoms with Gasteiger partial charge < -0.3 is 20.3 Å². The molecule has 1 heterocycles. The van der Waals surface area contributed by atoms with Crippen LogP contribution in [0.25, 0.3) is 0 Å². The molecule has 0 saturated carbocycles. The van der Waals surface area contributed by atoms with Crippen molar-refractivity contribution in [1.82, 2.24) is 15.5 Å². The monoisotopic (exact) mass is 398 g/mol. The van der Waals surface area contributed by atoms with Crippen molar-refractivity contribution < 1.29 is 4.74 Å². The smallest absolute Gasteiger partial charge is 0.191 e. The minimum atomic E-state index is 0. The number of guanidine groups is 1. The van der Waals surface area contributed by atoms with E-state index in [-0.39, 0.29) is 24.0 Å². The van der Waals surface area contributed by atoms with Crippen LogP contribution in [0.15, 0.2) is 4.99 Å². The first-order valence-electron chi connectivity index (χ1n) is 7.62. The summed E-state index contributed by atoms with van der Waals surface area (Å²) in [7, 11) is 0. The van der Waals surface area contributed by atoms with Gasteiger partial charge in [-0.25, -0.2) is 0 Å². The average Bonchev–Trinajstić information content (AvgIpc) is 2.88. The van der Waals surface area contributed by atoms with E-state index in [1.807, 2.05) is 6.92 Å². The van der Waals surface area contributed by atoms with Gasteiger partial charge in [0, 0.05) is 32.8 Å². The molecule has 0 spiro atoms. The maximum absolute atomic E-state index is 5.32. The van der Waals surface area contributed by atoms with Crippen LogP contribution in [0, 0.1) is 5.92 Å². The number of hydrogen-bond donors (Lipinski definition) is 2. The van der Waals surface area contributed by atoms with Gasteiger partial charge in [0.1, 0.15) is 0 Å². The highest BCUT2D eigenvalue weighted by atomic mass is 127. The largest absolute Gasteiger partial charge is 0.380 e. The molecule has 1 rings (SSSR count). The molecule has 0 aromatic carbocycles. The standard InChI is InChI=1S/C14H30N4O.HI/c1-4-15-14(16-8-10-19-6-3)17-11-13-7-9-18(5-2)12-13;/h13H,4-12H2,1-3H3,(H2,15,16,17);1H. The molecule has 0 amide bonds. The Balaban J connectivity index is 0.00000361. The summed E-state index contributed by atoms with van der Waals surface area (Å²) in [6, 6.07) is 0. The third kappa shape index (κ3) is 8.26. The van der Waals surface area contributed by atoms with Crippen LogP contribution in [0.4, 0.5) is 0 Å². The molecular weight excluding hydrogens is 367 g/mol. The van der Waals surface area contributed by atoms with Crippen molar-refractivity contribution in [2.75, 3.05) is 52.5 Å². The normalized spacial score (nSPS) is 19.8. The third-order valence-corrected chi connectivity index (χ3v) is 3.41. The highest BCUT2D eigenvalue weighted by molar-refractivity contribution is 14.0. The highest BCUT2D eigenvalue weighted by Gasteiger charge is 2.20. The fraction of sp³-hybridized carbons (Fsp3) is 0.929. The van der Waals surface area contributed by atoms with Crippen molar-refractivity contribution >= 4 is 29.9 Å². The Morgan fingerprint density at radius 1 is 1.30 bits per heavy atom. The summed E-state index contributed by atoms with van der Waals surface area (Å²) in [6.07, 6.45) is 1.27. The lowest BCUT2D eigenvalue weighted by atomic mass is 10.1. The molecule has 0 bridgehead atoms. The average molecular weight is 398 g/mol. The Morgan fingerprint density at radius 3 is 2.70 bits per heavy atom. The fourth-order valence-electron chi connectivity index (χ4n) is 2.30. The van der Waals surface area contributed by atoms with Crippen LogP contribution < -0.4 is 10.6 Å². The van der Waals surface area contributed by atoms with Gasteiger partial charge >= 0.3 is 0 Å². The van der Waals surface area contributed by atoms with E-state index in [1.165, 1.54) is 19.5 Å². The number of rotatable bonds is 8. The van der Waals surface area contributed by atoms with Gasteiger partial charge in [0.15, 0.2) is 5.96 Å². The van der Waals surface area contributed by atoms with Crippen molar-refractivity contribution in [1.29, 1.82) is 0 Å². The van der Waals surface area contributed by atoms with Crippen LogP contribution in [-0.4, -0.2) is 63.3 Å². The van der Waals surface area contributed by atoms with E-state index >= 15 is 0 Å². The van der Waals surface area contributed by atoms with Crippen LogP contribution in [-0.2, 0) is 4.74 Å². The molecule has 120 valence electrons. The van der Waals surface area contributed by atoms with Gasteiger partial charge in [-0.2, -0.15) is 0 Å². The minimum absolute atomic E-state index is 0. The fourth-order valence-corrected chi connectivity index (χ4v) is 2.30. The zero-order chi connectivity index (χ0) is 13.9. The van der Waals surface area contributed by atoms with Gasteiger partial charge in [0.25, 0.3) is 0 Å². The summed E-state index contributed by atoms with van der Waals surface area (Å²) in [5.41, 5.74) is 0. The van der Waals surface area contributed by atoms with Gasteiger partial charge in [0.05, 0.1) is 6.61 Å². The van der Waals surface area contributed by atoms with Gasteiger partial charge in [-0.3, -0.25) is 4.99 Å². The van der Waals surface area contributed by atoms with E-state index in [0.717, 1.165) is 45.4 Å². The molecule has 6 heteroatoms. The number of aliphatic imine (C=N–C) groups is 1. The van der Waals surface area contributed by atoms with Crippen LogP contribution in [0.1, 0.15) is 27.2 Å². The van der Waals surface area contributed by atoms with Crippen LogP contribution >= 0.6 is 24.0 Å². The molecule has 0 aromatic heterocycles. The van der Waals surface area contributed by atoms with E-state index in [1.54, 1.807) is 0 Å². The number of hydrogen-bond acceptors (Lipinski definition) is 3. The second kappa shape index (κ2) is 12.6. The molecule has 1 unspecified atom stereocenters. The Bertz CT molecular complexity index is 264. The summed E-state index contributed by atoms with van der Waals surface area (Å²) >= 11 is 0. The second-order valence-corrected chi connectivity index (χ2v) is 4.89. The summed E-state index contributed by atoms with van der Waals surface area (Å²) < 4.78 is 5.32. The lowest BCUT2D eigenvalue weighted by Gasteiger charge is -2.14. The van der Waals surface area contributed by atoms with E-state index in [0.29, 0.717) is 5.92 Å². The van der Waals surface area contributed by atoms with E-state index in [2.05, 4.69) is 34.4 Å². The van der Waals surface area contributed by atoms with Gasteiger partial charge in [0.2, 0.25) is 0 Å². The zero-order valence-corrected chi connectivity index (χ0v) is 15.5. The van der Waals surface area contributed by atoms with Gasteiger partial charge in [-0.15, -0.1) is 24.0 Å². The molecule has 1 aliphatic heterocycles. The topological polar surface area (TPSA) is 48.9 Å². The Labute approximate surface area is 140 Å². The van der Waals surface area contributed by atoms with E-state index in [4.69, 9.17) is 4.74 Å². The lowest BCUT2D eigenvalue weighted by Crippen LogP contribution is -2.39. The first kappa shape index (κ1) is 19.9. The molecule has 0 radical (unpaired) electrons. The molecular formula is C14H31IN4O. The Morgan fingerprint density at radius 2 is 2.10 bits per heavy atom. The van der Waals surface area contributed by atoms with Crippen molar-refractivity contribution in [2.24, 2.45) is 10.9 Å². The summed E-state index contributed by atoms with van der Waals surface area (Å²) in [5.74, 6) is 1.62. The highest BCUT2D eigenvalue weighted by Crippen LogP contribution is 2.15. The van der Waals surface area contributed by atoms with Crippen LogP contribution in [0.5, 0.6) is 0 Å². The Kier molecular flexibility index (Phi) is 12.6. The lowest BCUT2D eigenvalue weighted by molar-refractivity contribution is 0.152. The quantitative estimate of drug-likeness (QED) is 0.282. The van der Waals surface area contributed by atoms with E-state index < -0.39 is 0 Å². The van der Waals surface area contributed by atoms with Crippen molar-refractivity contribution in [3.8, 4) is 0 Å². The third-order valence-electron chi connectivity index (χ3n) is 3.41. The molecule has 20 heavy (non-hydrogen) atoms. The molecule has 1 aliphatic rings. The van der Waals surface area contributed by atoms with Crippen LogP contribution in [0.2, 0.25) is 0 Å². The van der Waals surface area contributed by atoms with Crippen molar-refractivity contribution in [2.45, 2.75) is 27.2 Å². The molecule has 0 aromatic rings. The van der Waals surface area contributed by atoms with Crippen LogP contribution in [0.3, 0.4) is 0 Å². The molecule has 1 atom stereocenters. The minimum Gasteiger partial charge on any atom is -0.380 e. The zero-order valence-electron chi connectivity index (χ0n) is 13.2. The van der Waals surface area contributed by atoms with Crippen molar-refractivity contribution in [3.63, 3.8) is 0 Å². The number of nitrogens with one attached hydrogen (secondary N) is 2. The molecule has 0 aliphatic carbocycles. The summed E-state index contributed by atoms with van der Waals surface area (Å²) in [4.78, 5) is 7.17. The molecule has 1 fully saturated rings. The van der Waals surface area contributed by atoms with Gasteiger partial charge in [-0.05, 0) is 39.3 Å². The van der Waals surface area contributed by atoms with Gasteiger partial charge in [-0.1, -0.05) is 6.92 Å². The number of halogens is 1. The molecule has 5 nitrogen and oxygen atoms in total. The van der Waals surface area contributed by atoms with E-state index in [9.17, 15) is 0 Å². The first-order chi connectivity index (χ1) is 9.30. The Hall–Kier alpha value is -0.0800. The SMILES string of the molecule is CCNC(=NCC1CCN(CC)C1)NCCOCC.I. The predicted molar refractivity (Wildman–Crippen MR) is 96.1 cm³/mol. The summed E-state index contributed by atoms with van der Waals surface area (Å²) in [5, 5.41) is 6.58. The van der Waals surface area contributed by atoms with Crippen molar-refractivity contribution in [3.05, 3.63) is 0 Å². The number of nitrogens with zero attached hydrogens (tertiary/aromatic N) is 2.